The Bertz CT molecular complexity index is 501. The zero-order valence-electron chi connectivity index (χ0n) is 12.6. The van der Waals surface area contributed by atoms with Crippen molar-refractivity contribution in [1.82, 2.24) is 0 Å². The van der Waals surface area contributed by atoms with Crippen molar-refractivity contribution in [3.8, 4) is 0 Å². The summed E-state index contributed by atoms with van der Waals surface area (Å²) in [5.41, 5.74) is 0. The molecule has 21 heavy (non-hydrogen) atoms. The van der Waals surface area contributed by atoms with E-state index in [-0.39, 0.29) is 0 Å². The third kappa shape index (κ3) is 3.73. The lowest BCUT2D eigenvalue weighted by Gasteiger charge is -2.32. The molecule has 2 aromatic rings. The average molecular weight is 298 g/mol. The van der Waals surface area contributed by atoms with Gasteiger partial charge in [-0.05, 0) is 18.8 Å². The molecule has 2 unspecified atom stereocenters. The minimum Gasteiger partial charge on any atom is -0.346 e. The zero-order chi connectivity index (χ0) is 14.5. The van der Waals surface area contributed by atoms with Crippen molar-refractivity contribution in [2.45, 2.75) is 38.7 Å². The van der Waals surface area contributed by atoms with Crippen molar-refractivity contribution in [2.75, 3.05) is 0 Å². The lowest BCUT2D eigenvalue weighted by molar-refractivity contribution is 0.120. The maximum absolute atomic E-state index is 6.64. The smallest absolute Gasteiger partial charge is 0.0921 e. The Morgan fingerprint density at radius 1 is 0.810 bits per heavy atom. The van der Waals surface area contributed by atoms with Gasteiger partial charge in [0, 0.05) is 10.6 Å². The molecule has 1 aliphatic rings. The quantitative estimate of drug-likeness (QED) is 0.748. The van der Waals surface area contributed by atoms with E-state index in [2.05, 4.69) is 67.6 Å². The fraction of sp³-hybridized carbons (Fsp3) is 0.368. The topological polar surface area (TPSA) is 9.23 Å². The molecule has 1 aliphatic carbocycles. The summed E-state index contributed by atoms with van der Waals surface area (Å²) >= 11 is 0. The van der Waals surface area contributed by atoms with Crippen molar-refractivity contribution in [1.29, 1.82) is 0 Å². The molecule has 2 atom stereocenters. The molecule has 0 spiro atoms. The van der Waals surface area contributed by atoms with Gasteiger partial charge in [0.05, 0.1) is 14.3 Å². The molecule has 0 N–H and O–H groups in total. The van der Waals surface area contributed by atoms with E-state index >= 15 is 0 Å². The lowest BCUT2D eigenvalue weighted by Crippen LogP contribution is -2.27. The van der Waals surface area contributed by atoms with Crippen LogP contribution >= 0.6 is 8.15 Å². The van der Waals surface area contributed by atoms with E-state index in [1.165, 1.54) is 36.3 Å². The van der Waals surface area contributed by atoms with E-state index in [9.17, 15) is 0 Å². The summed E-state index contributed by atoms with van der Waals surface area (Å²) in [5, 5.41) is 2.63. The van der Waals surface area contributed by atoms with Crippen LogP contribution in [0.2, 0.25) is 0 Å². The fourth-order valence-electron chi connectivity index (χ4n) is 2.97. The first-order chi connectivity index (χ1) is 10.3. The number of benzene rings is 2. The van der Waals surface area contributed by atoms with Gasteiger partial charge in [-0.3, -0.25) is 0 Å². The minimum atomic E-state index is -0.700. The molecule has 1 nitrogen and oxygen atoms in total. The van der Waals surface area contributed by atoms with Gasteiger partial charge in [0.1, 0.15) is 0 Å². The maximum Gasteiger partial charge on any atom is 0.0921 e. The highest BCUT2D eigenvalue weighted by atomic mass is 31.1. The van der Waals surface area contributed by atoms with Gasteiger partial charge >= 0.3 is 0 Å². The Kier molecular flexibility index (Phi) is 5.06. The van der Waals surface area contributed by atoms with Crippen LogP contribution in [0, 0.1) is 5.92 Å². The summed E-state index contributed by atoms with van der Waals surface area (Å²) in [6, 6.07) is 21.4. The predicted molar refractivity (Wildman–Crippen MR) is 91.6 cm³/mol. The first-order valence-electron chi connectivity index (χ1n) is 7.91. The van der Waals surface area contributed by atoms with Gasteiger partial charge in [0.25, 0.3) is 0 Å². The molecular formula is C19H23OP. The summed E-state index contributed by atoms with van der Waals surface area (Å²) in [4.78, 5) is 0. The van der Waals surface area contributed by atoms with Crippen LogP contribution < -0.4 is 10.6 Å². The van der Waals surface area contributed by atoms with Crippen LogP contribution in [0.15, 0.2) is 60.7 Å². The van der Waals surface area contributed by atoms with Crippen molar-refractivity contribution < 1.29 is 4.52 Å². The molecule has 3 rings (SSSR count). The first kappa shape index (κ1) is 14.8. The van der Waals surface area contributed by atoms with Crippen molar-refractivity contribution in [3.63, 3.8) is 0 Å². The van der Waals surface area contributed by atoms with Crippen LogP contribution in [0.3, 0.4) is 0 Å². The average Bonchev–Trinajstić information content (AvgIpc) is 2.56. The highest BCUT2D eigenvalue weighted by Gasteiger charge is 2.26. The largest absolute Gasteiger partial charge is 0.346 e. The molecule has 1 fully saturated rings. The van der Waals surface area contributed by atoms with Crippen molar-refractivity contribution in [3.05, 3.63) is 60.7 Å². The highest BCUT2D eigenvalue weighted by molar-refractivity contribution is 7.68. The zero-order valence-corrected chi connectivity index (χ0v) is 13.5. The van der Waals surface area contributed by atoms with Gasteiger partial charge in [0.2, 0.25) is 0 Å². The standard InChI is InChI=1S/C19H23OP/c1-16-10-8-9-15-19(16)20-21(17-11-4-2-5-12-17)18-13-6-3-7-14-18/h2-7,11-14,16,19H,8-10,15H2,1H3. The van der Waals surface area contributed by atoms with Gasteiger partial charge in [-0.25, -0.2) is 0 Å². The third-order valence-corrected chi connectivity index (χ3v) is 6.27. The normalized spacial score (nSPS) is 22.4. The first-order valence-corrected chi connectivity index (χ1v) is 9.17. The van der Waals surface area contributed by atoms with E-state index < -0.39 is 8.15 Å². The third-order valence-electron chi connectivity index (χ3n) is 4.25. The molecule has 0 aromatic heterocycles. The molecule has 0 saturated heterocycles. The SMILES string of the molecule is CC1CCCCC1OP(c1ccccc1)c1ccccc1. The van der Waals surface area contributed by atoms with Crippen LogP contribution in [0.4, 0.5) is 0 Å². The second-order valence-electron chi connectivity index (χ2n) is 5.87. The van der Waals surface area contributed by atoms with E-state index in [1.807, 2.05) is 0 Å². The Labute approximate surface area is 129 Å². The summed E-state index contributed by atoms with van der Waals surface area (Å²) in [5.74, 6) is 0.677. The van der Waals surface area contributed by atoms with E-state index in [0.717, 1.165) is 0 Å². The Balaban J connectivity index is 1.86. The molecule has 0 bridgehead atoms. The number of hydrogen-bond acceptors (Lipinski definition) is 1. The molecule has 0 amide bonds. The van der Waals surface area contributed by atoms with Crippen LogP contribution in [-0.2, 0) is 4.52 Å². The molecule has 1 saturated carbocycles. The molecule has 0 aliphatic heterocycles. The summed E-state index contributed by atoms with van der Waals surface area (Å²) in [6.45, 7) is 2.34. The number of hydrogen-bond donors (Lipinski definition) is 0. The van der Waals surface area contributed by atoms with Gasteiger partial charge < -0.3 is 4.52 Å². The van der Waals surface area contributed by atoms with Crippen LogP contribution in [-0.4, -0.2) is 6.10 Å². The summed E-state index contributed by atoms with van der Waals surface area (Å²) in [7, 11) is -0.700. The molecule has 0 radical (unpaired) electrons. The minimum absolute atomic E-state index is 0.408. The maximum atomic E-state index is 6.64. The predicted octanol–water partition coefficient (Wildman–Crippen LogP) is 4.63. The van der Waals surface area contributed by atoms with Crippen molar-refractivity contribution in [2.24, 2.45) is 5.92 Å². The second kappa shape index (κ2) is 7.20. The van der Waals surface area contributed by atoms with E-state index in [0.29, 0.717) is 12.0 Å². The van der Waals surface area contributed by atoms with Gasteiger partial charge in [-0.15, -0.1) is 0 Å². The van der Waals surface area contributed by atoms with Crippen LogP contribution in [0.1, 0.15) is 32.6 Å². The Hall–Kier alpha value is -1.17. The van der Waals surface area contributed by atoms with E-state index in [1.54, 1.807) is 0 Å². The Morgan fingerprint density at radius 2 is 1.33 bits per heavy atom. The van der Waals surface area contributed by atoms with Crippen LogP contribution in [0.5, 0.6) is 0 Å². The molecule has 110 valence electrons. The second-order valence-corrected chi connectivity index (χ2v) is 7.70. The molecular weight excluding hydrogens is 275 g/mol. The molecule has 0 heterocycles. The van der Waals surface area contributed by atoms with E-state index in [4.69, 9.17) is 4.52 Å². The van der Waals surface area contributed by atoms with Crippen molar-refractivity contribution >= 4 is 18.8 Å². The Morgan fingerprint density at radius 3 is 1.86 bits per heavy atom. The number of rotatable bonds is 4. The van der Waals surface area contributed by atoms with Gasteiger partial charge in [-0.2, -0.15) is 0 Å². The lowest BCUT2D eigenvalue weighted by atomic mass is 9.88. The van der Waals surface area contributed by atoms with Crippen LogP contribution in [0.25, 0.3) is 0 Å². The highest BCUT2D eigenvalue weighted by Crippen LogP contribution is 2.41. The molecule has 2 heteroatoms. The van der Waals surface area contributed by atoms with Gasteiger partial charge in [0.15, 0.2) is 0 Å². The summed E-state index contributed by atoms with van der Waals surface area (Å²) in [6.07, 6.45) is 5.58. The van der Waals surface area contributed by atoms with Gasteiger partial charge in [-0.1, -0.05) is 80.4 Å². The summed E-state index contributed by atoms with van der Waals surface area (Å²) < 4.78 is 6.64. The fourth-order valence-corrected chi connectivity index (χ4v) is 4.98. The molecule has 2 aromatic carbocycles. The monoisotopic (exact) mass is 298 g/mol.